The van der Waals surface area contributed by atoms with Gasteiger partial charge < -0.3 is 14.4 Å². The van der Waals surface area contributed by atoms with Gasteiger partial charge in [-0.25, -0.2) is 0 Å². The van der Waals surface area contributed by atoms with Crippen LogP contribution in [0.25, 0.3) is 114 Å². The van der Waals surface area contributed by atoms with Gasteiger partial charge in [-0.05, 0) is 316 Å². The summed E-state index contributed by atoms with van der Waals surface area (Å²) in [6, 6.07) is 134. The Balaban J connectivity index is 0.000000132. The molecule has 0 radical (unpaired) electrons. The highest BCUT2D eigenvalue weighted by Gasteiger charge is 2.63. The van der Waals surface area contributed by atoms with Crippen LogP contribution in [-0.2, 0) is 10.8 Å². The van der Waals surface area contributed by atoms with E-state index in [1.807, 2.05) is 11.3 Å². The van der Waals surface area contributed by atoms with Gasteiger partial charge in [0.25, 0.3) is 0 Å². The monoisotopic (exact) mass is 1480 g/mol. The van der Waals surface area contributed by atoms with Crippen LogP contribution in [0.1, 0.15) is 86.5 Å². The summed E-state index contributed by atoms with van der Waals surface area (Å²) in [7, 11) is 0. The number of anilines is 6. The number of thiophene rings is 1. The number of hydrogen-bond acceptors (Lipinski definition) is 3. The first kappa shape index (κ1) is 66.5. The van der Waals surface area contributed by atoms with Gasteiger partial charge in [-0.15, -0.1) is 11.3 Å². The lowest BCUT2D eigenvalue weighted by Gasteiger charge is -2.61. The van der Waals surface area contributed by atoms with Crippen molar-refractivity contribution in [3.05, 3.63) is 380 Å². The standard InChI is InChI=1S/C58H46N2.C52H41NS/c1-2-11-40(12-3-1)41-21-24-46(25-22-41)59(47-26-28-48(29-27-47)60-56-19-8-5-16-51(56)52-17-6-9-20-57(52)60)49-14-10-13-42(36-49)43-23-30-55-53(37-43)50-15-4-7-18-54(50)58(55)44-32-38-31-39(34-44)35-45(58)33-38;1-2-9-35(10-3-1)36-17-20-41(21-18-36)53(43-22-23-46-45-14-5-7-16-50(45)54-51(46)32-43)42-12-8-11-37(30-42)38-19-24-49-47(31-38)44-13-4-6-15-48(44)52(49)39-26-33-25-34(28-39)29-40(52)27-33/h1-30,36-39,44-45H,31-35H2;1-24,30-34,39-40H,25-29H2. The lowest BCUT2D eigenvalue weighted by Crippen LogP contribution is -2.55. The van der Waals surface area contributed by atoms with Gasteiger partial charge >= 0.3 is 0 Å². The molecule has 0 N–H and O–H groups in total. The minimum Gasteiger partial charge on any atom is -0.310 e. The molecule has 2 spiro atoms. The molecule has 0 aliphatic heterocycles. The predicted octanol–water partition coefficient (Wildman–Crippen LogP) is 29.9. The summed E-state index contributed by atoms with van der Waals surface area (Å²) in [6.07, 6.45) is 14.3. The normalized spacial score (nSPS) is 22.6. The third-order valence-corrected chi connectivity index (χ3v) is 30.1. The highest BCUT2D eigenvalue weighted by molar-refractivity contribution is 7.25. The molecule has 10 aliphatic carbocycles. The molecule has 8 bridgehead atoms. The van der Waals surface area contributed by atoms with Crippen LogP contribution < -0.4 is 9.80 Å². The van der Waals surface area contributed by atoms with E-state index in [-0.39, 0.29) is 10.8 Å². The van der Waals surface area contributed by atoms with E-state index in [9.17, 15) is 0 Å². The smallest absolute Gasteiger partial charge is 0.0541 e. The number of nitrogens with zero attached hydrogens (tertiary/aromatic N) is 3. The Morgan fingerprint density at radius 3 is 1.05 bits per heavy atom. The zero-order valence-electron chi connectivity index (χ0n) is 64.0. The second-order valence-corrected chi connectivity index (χ2v) is 35.8. The zero-order chi connectivity index (χ0) is 74.7. The van der Waals surface area contributed by atoms with Gasteiger partial charge in [0.15, 0.2) is 0 Å². The van der Waals surface area contributed by atoms with E-state index >= 15 is 0 Å². The minimum atomic E-state index is 0.188. The molecule has 15 aromatic carbocycles. The van der Waals surface area contributed by atoms with Crippen LogP contribution in [0.5, 0.6) is 0 Å². The van der Waals surface area contributed by atoms with Crippen LogP contribution in [0, 0.1) is 47.3 Å². The highest BCUT2D eigenvalue weighted by Crippen LogP contribution is 2.71. The van der Waals surface area contributed by atoms with Crippen molar-refractivity contribution < 1.29 is 0 Å². The van der Waals surface area contributed by atoms with Gasteiger partial charge in [0.1, 0.15) is 0 Å². The molecule has 10 aliphatic rings. The Kier molecular flexibility index (Phi) is 15.3. The van der Waals surface area contributed by atoms with Crippen LogP contribution in [0.4, 0.5) is 34.1 Å². The van der Waals surface area contributed by atoms with E-state index in [2.05, 4.69) is 372 Å². The Hall–Kier alpha value is -12.1. The molecule has 0 saturated heterocycles. The lowest BCUT2D eigenvalue weighted by atomic mass is 9.43. The molecular formula is C110H87N3S. The maximum atomic E-state index is 2.55. The SMILES string of the molecule is c1ccc(-c2ccc(N(c3ccc(-n4c5ccccc5c5ccccc54)cc3)c3cccc(-c4ccc5c(c4)-c4ccccc4C54C5CC6CC(C5)CC4C6)c3)cc2)cc1.c1ccc(-c2ccc(N(c3cccc(-c4ccc5c(c4)-c4ccccc4C54C5CC6CC(C5)CC4C6)c3)c3ccc4c(c3)sc3ccccc34)cc2)cc1. The van der Waals surface area contributed by atoms with Crippen molar-refractivity contribution in [2.45, 2.75) is 75.0 Å². The van der Waals surface area contributed by atoms with Crippen LogP contribution in [0.2, 0.25) is 0 Å². The van der Waals surface area contributed by atoms with Gasteiger partial charge in [0, 0.05) is 81.6 Å². The Bertz CT molecular complexity index is 6530. The van der Waals surface area contributed by atoms with E-state index in [0.29, 0.717) is 0 Å². The summed E-state index contributed by atoms with van der Waals surface area (Å²) in [4.78, 5) is 4.86. The van der Waals surface area contributed by atoms with Crippen molar-refractivity contribution in [2.75, 3.05) is 9.80 Å². The Morgan fingerprint density at radius 1 is 0.228 bits per heavy atom. The van der Waals surface area contributed by atoms with Crippen LogP contribution in [0.3, 0.4) is 0 Å². The molecule has 8 saturated carbocycles. The van der Waals surface area contributed by atoms with Gasteiger partial charge in [-0.3, -0.25) is 0 Å². The fraction of sp³-hybridized carbons (Fsp3) is 0.182. The van der Waals surface area contributed by atoms with Crippen molar-refractivity contribution in [1.82, 2.24) is 4.57 Å². The maximum absolute atomic E-state index is 2.55. The van der Waals surface area contributed by atoms with E-state index in [0.717, 1.165) is 75.8 Å². The van der Waals surface area contributed by atoms with Gasteiger partial charge in [-0.1, -0.05) is 243 Å². The minimum absolute atomic E-state index is 0.188. The first-order valence-corrected chi connectivity index (χ1v) is 42.8. The summed E-state index contributed by atoms with van der Waals surface area (Å²) in [5.74, 6) is 6.90. The van der Waals surface area contributed by atoms with E-state index in [1.54, 1.807) is 22.3 Å². The third-order valence-electron chi connectivity index (χ3n) is 29.0. The zero-order valence-corrected chi connectivity index (χ0v) is 64.8. The molecule has 8 fully saturated rings. The largest absolute Gasteiger partial charge is 0.310 e. The first-order valence-electron chi connectivity index (χ1n) is 42.0. The lowest BCUT2D eigenvalue weighted by molar-refractivity contribution is -0.0399. The molecular weight excluding hydrogens is 1400 g/mol. The van der Waals surface area contributed by atoms with Gasteiger partial charge in [0.05, 0.1) is 11.0 Å². The molecule has 2 heterocycles. The highest BCUT2D eigenvalue weighted by atomic mass is 32.1. The molecule has 548 valence electrons. The van der Waals surface area contributed by atoms with Crippen LogP contribution in [-0.4, -0.2) is 4.57 Å². The molecule has 0 atom stereocenters. The third kappa shape index (κ3) is 10.3. The number of benzene rings is 15. The predicted molar refractivity (Wildman–Crippen MR) is 478 cm³/mol. The van der Waals surface area contributed by atoms with Crippen molar-refractivity contribution >= 4 is 87.4 Å². The fourth-order valence-corrected chi connectivity index (χ4v) is 26.0. The fourth-order valence-electron chi connectivity index (χ4n) is 24.9. The summed E-state index contributed by atoms with van der Waals surface area (Å²) in [5.41, 5.74) is 33.2. The second kappa shape index (κ2) is 26.2. The number of fused-ring (bicyclic) bond motifs is 12. The van der Waals surface area contributed by atoms with Crippen LogP contribution >= 0.6 is 11.3 Å². The van der Waals surface area contributed by atoms with E-state index < -0.39 is 0 Å². The molecule has 3 nitrogen and oxygen atoms in total. The summed E-state index contributed by atoms with van der Waals surface area (Å²) < 4.78 is 5.04. The van der Waals surface area contributed by atoms with Crippen molar-refractivity contribution in [3.8, 4) is 72.4 Å². The average Bonchev–Trinajstić information content (AvgIpc) is 1.44. The molecule has 0 amide bonds. The number of para-hydroxylation sites is 2. The van der Waals surface area contributed by atoms with E-state index in [4.69, 9.17) is 0 Å². The maximum Gasteiger partial charge on any atom is 0.0541 e. The molecule has 4 heteroatoms. The van der Waals surface area contributed by atoms with Gasteiger partial charge in [0.2, 0.25) is 0 Å². The topological polar surface area (TPSA) is 11.4 Å². The Morgan fingerprint density at radius 2 is 0.570 bits per heavy atom. The quantitative estimate of drug-likeness (QED) is 0.128. The first-order chi connectivity index (χ1) is 56.4. The number of rotatable bonds is 11. The van der Waals surface area contributed by atoms with E-state index in [1.165, 1.54) is 184 Å². The summed E-state index contributed by atoms with van der Waals surface area (Å²) >= 11 is 1.88. The molecule has 114 heavy (non-hydrogen) atoms. The Labute approximate surface area is 672 Å². The van der Waals surface area contributed by atoms with Crippen molar-refractivity contribution in [1.29, 1.82) is 0 Å². The molecule has 0 unspecified atom stereocenters. The molecule has 2 aromatic heterocycles. The second-order valence-electron chi connectivity index (χ2n) is 34.7. The molecule has 27 rings (SSSR count). The van der Waals surface area contributed by atoms with Gasteiger partial charge in [-0.2, -0.15) is 0 Å². The van der Waals surface area contributed by atoms with Crippen LogP contribution in [0.15, 0.2) is 358 Å². The summed E-state index contributed by atoms with van der Waals surface area (Å²) in [5, 5.41) is 5.20. The number of hydrogen-bond donors (Lipinski definition) is 0. The average molecular weight is 1480 g/mol. The van der Waals surface area contributed by atoms with Crippen molar-refractivity contribution in [3.63, 3.8) is 0 Å². The van der Waals surface area contributed by atoms with Crippen molar-refractivity contribution in [2.24, 2.45) is 47.3 Å². The molecule has 17 aromatic rings. The number of aromatic nitrogens is 1. The summed E-state index contributed by atoms with van der Waals surface area (Å²) in [6.45, 7) is 0.